The van der Waals surface area contributed by atoms with Crippen molar-refractivity contribution in [3.05, 3.63) is 29.8 Å². The molecule has 1 aromatic carbocycles. The first-order valence-corrected chi connectivity index (χ1v) is 5.59. The van der Waals surface area contributed by atoms with Gasteiger partial charge in [-0.15, -0.1) is 0 Å². The molecule has 0 bridgehead atoms. The average Bonchev–Trinajstić information content (AvgIpc) is 2.35. The molecular formula is C12H18N2O3. The number of phenols is 1. The van der Waals surface area contributed by atoms with Gasteiger partial charge in [0.15, 0.2) is 0 Å². The van der Waals surface area contributed by atoms with E-state index in [0.717, 1.165) is 5.56 Å². The summed E-state index contributed by atoms with van der Waals surface area (Å²) in [5.74, 6) is 0.204. The number of likely N-dealkylation sites (N-methyl/N-ethyl adjacent to an activating group) is 1. The van der Waals surface area contributed by atoms with Crippen LogP contribution in [-0.2, 0) is 6.54 Å². The van der Waals surface area contributed by atoms with Crippen molar-refractivity contribution in [3.8, 4) is 5.75 Å². The monoisotopic (exact) mass is 238 g/mol. The van der Waals surface area contributed by atoms with Crippen molar-refractivity contribution in [2.24, 2.45) is 0 Å². The van der Waals surface area contributed by atoms with E-state index >= 15 is 0 Å². The van der Waals surface area contributed by atoms with Crippen molar-refractivity contribution in [2.75, 3.05) is 19.7 Å². The van der Waals surface area contributed by atoms with E-state index in [4.69, 9.17) is 10.2 Å². The Morgan fingerprint density at radius 2 is 2.00 bits per heavy atom. The number of hydrogen-bond donors (Lipinski definition) is 3. The lowest BCUT2D eigenvalue weighted by Gasteiger charge is -2.20. The fraction of sp³-hybridized carbons (Fsp3) is 0.417. The molecule has 0 aliphatic heterocycles. The van der Waals surface area contributed by atoms with Crippen molar-refractivity contribution >= 4 is 6.03 Å². The van der Waals surface area contributed by atoms with Crippen LogP contribution in [0.5, 0.6) is 5.75 Å². The number of amides is 2. The van der Waals surface area contributed by atoms with Gasteiger partial charge in [-0.05, 0) is 24.6 Å². The molecule has 17 heavy (non-hydrogen) atoms. The van der Waals surface area contributed by atoms with E-state index in [-0.39, 0.29) is 18.4 Å². The lowest BCUT2D eigenvalue weighted by Crippen LogP contribution is -2.40. The molecule has 0 unspecified atom stereocenters. The Hall–Kier alpha value is -1.75. The van der Waals surface area contributed by atoms with Crippen LogP contribution in [0.2, 0.25) is 0 Å². The average molecular weight is 238 g/mol. The molecule has 1 aromatic rings. The highest BCUT2D eigenvalue weighted by Gasteiger charge is 2.09. The van der Waals surface area contributed by atoms with Crippen LogP contribution in [0.1, 0.15) is 12.5 Å². The van der Waals surface area contributed by atoms with Gasteiger partial charge in [-0.3, -0.25) is 0 Å². The quantitative estimate of drug-likeness (QED) is 0.714. The minimum atomic E-state index is -0.199. The van der Waals surface area contributed by atoms with Crippen molar-refractivity contribution in [1.82, 2.24) is 10.2 Å². The summed E-state index contributed by atoms with van der Waals surface area (Å²) in [4.78, 5) is 13.2. The number of nitrogens with zero attached hydrogens (tertiary/aromatic N) is 1. The topological polar surface area (TPSA) is 72.8 Å². The Morgan fingerprint density at radius 3 is 2.53 bits per heavy atom. The molecule has 0 spiro atoms. The molecule has 1 rings (SSSR count). The Labute approximate surface area is 101 Å². The van der Waals surface area contributed by atoms with E-state index in [1.807, 2.05) is 6.92 Å². The van der Waals surface area contributed by atoms with Crippen LogP contribution in [0.15, 0.2) is 24.3 Å². The summed E-state index contributed by atoms with van der Waals surface area (Å²) in [7, 11) is 0. The Bertz CT molecular complexity index is 351. The van der Waals surface area contributed by atoms with Crippen LogP contribution in [0.25, 0.3) is 0 Å². The van der Waals surface area contributed by atoms with Crippen LogP contribution >= 0.6 is 0 Å². The molecule has 0 radical (unpaired) electrons. The fourth-order valence-electron chi connectivity index (χ4n) is 1.43. The fourth-order valence-corrected chi connectivity index (χ4v) is 1.43. The highest BCUT2D eigenvalue weighted by atomic mass is 16.3. The van der Waals surface area contributed by atoms with Crippen LogP contribution in [0.3, 0.4) is 0 Å². The molecule has 0 aromatic heterocycles. The zero-order valence-corrected chi connectivity index (χ0v) is 9.89. The molecule has 0 aliphatic carbocycles. The van der Waals surface area contributed by atoms with Crippen LogP contribution in [-0.4, -0.2) is 40.8 Å². The molecule has 0 saturated heterocycles. The smallest absolute Gasteiger partial charge is 0.317 e. The largest absolute Gasteiger partial charge is 0.508 e. The van der Waals surface area contributed by atoms with E-state index in [1.165, 1.54) is 4.90 Å². The second kappa shape index (κ2) is 6.75. The maximum absolute atomic E-state index is 11.7. The standard InChI is InChI=1S/C12H18N2O3/c1-2-14(7-8-15)12(17)13-9-10-3-5-11(16)6-4-10/h3-6,15-16H,2,7-9H2,1H3,(H,13,17). The van der Waals surface area contributed by atoms with E-state index in [2.05, 4.69) is 5.32 Å². The van der Waals surface area contributed by atoms with Crippen molar-refractivity contribution in [2.45, 2.75) is 13.5 Å². The summed E-state index contributed by atoms with van der Waals surface area (Å²) < 4.78 is 0. The first-order valence-electron chi connectivity index (χ1n) is 5.59. The van der Waals surface area contributed by atoms with E-state index in [9.17, 15) is 4.79 Å². The van der Waals surface area contributed by atoms with E-state index in [0.29, 0.717) is 19.6 Å². The number of carbonyl (C=O) groups excluding carboxylic acids is 1. The maximum Gasteiger partial charge on any atom is 0.317 e. The van der Waals surface area contributed by atoms with Crippen molar-refractivity contribution < 1.29 is 15.0 Å². The molecule has 3 N–H and O–H groups in total. The third kappa shape index (κ3) is 4.32. The van der Waals surface area contributed by atoms with Crippen LogP contribution in [0, 0.1) is 0 Å². The van der Waals surface area contributed by atoms with Gasteiger partial charge in [-0.25, -0.2) is 4.79 Å². The Balaban J connectivity index is 2.44. The lowest BCUT2D eigenvalue weighted by molar-refractivity contribution is 0.180. The number of aliphatic hydroxyl groups is 1. The molecule has 94 valence electrons. The Kier molecular flexibility index (Phi) is 5.29. The lowest BCUT2D eigenvalue weighted by atomic mass is 10.2. The van der Waals surface area contributed by atoms with Crippen molar-refractivity contribution in [1.29, 1.82) is 0 Å². The number of phenolic OH excluding ortho intramolecular Hbond substituents is 1. The summed E-state index contributed by atoms with van der Waals surface area (Å²) in [6.45, 7) is 3.11. The molecule has 5 nitrogen and oxygen atoms in total. The first kappa shape index (κ1) is 13.3. The normalized spacial score (nSPS) is 10.0. The predicted octanol–water partition coefficient (Wildman–Crippen LogP) is 0.916. The van der Waals surface area contributed by atoms with Crippen molar-refractivity contribution in [3.63, 3.8) is 0 Å². The number of hydrogen-bond acceptors (Lipinski definition) is 3. The summed E-state index contributed by atoms with van der Waals surface area (Å²) in [5.41, 5.74) is 0.913. The summed E-state index contributed by atoms with van der Waals surface area (Å²) in [6, 6.07) is 6.45. The predicted molar refractivity (Wildman–Crippen MR) is 64.7 cm³/mol. The molecule has 0 fully saturated rings. The molecular weight excluding hydrogens is 220 g/mol. The van der Waals surface area contributed by atoms with Crippen LogP contribution in [0.4, 0.5) is 4.79 Å². The molecule has 0 aliphatic rings. The highest BCUT2D eigenvalue weighted by molar-refractivity contribution is 5.74. The van der Waals surface area contributed by atoms with Gasteiger partial charge < -0.3 is 20.4 Å². The number of aromatic hydroxyl groups is 1. The van der Waals surface area contributed by atoms with Gasteiger partial charge in [0.05, 0.1) is 6.61 Å². The molecule has 0 heterocycles. The minimum Gasteiger partial charge on any atom is -0.508 e. The SMILES string of the molecule is CCN(CCO)C(=O)NCc1ccc(O)cc1. The van der Waals surface area contributed by atoms with Gasteiger partial charge >= 0.3 is 6.03 Å². The highest BCUT2D eigenvalue weighted by Crippen LogP contribution is 2.09. The minimum absolute atomic E-state index is 0.0412. The van der Waals surface area contributed by atoms with E-state index < -0.39 is 0 Å². The summed E-state index contributed by atoms with van der Waals surface area (Å²) >= 11 is 0. The van der Waals surface area contributed by atoms with E-state index in [1.54, 1.807) is 24.3 Å². The zero-order chi connectivity index (χ0) is 12.7. The zero-order valence-electron chi connectivity index (χ0n) is 9.89. The number of nitrogens with one attached hydrogen (secondary N) is 1. The van der Waals surface area contributed by atoms with Gasteiger partial charge in [-0.2, -0.15) is 0 Å². The third-order valence-electron chi connectivity index (χ3n) is 2.42. The number of benzene rings is 1. The van der Waals surface area contributed by atoms with Gasteiger partial charge in [0.25, 0.3) is 0 Å². The second-order valence-electron chi connectivity index (χ2n) is 3.63. The summed E-state index contributed by atoms with van der Waals surface area (Å²) in [5, 5.41) is 20.6. The van der Waals surface area contributed by atoms with Gasteiger partial charge in [0.2, 0.25) is 0 Å². The van der Waals surface area contributed by atoms with Crippen LogP contribution < -0.4 is 5.32 Å². The Morgan fingerprint density at radius 1 is 1.35 bits per heavy atom. The number of urea groups is 1. The summed E-state index contributed by atoms with van der Waals surface area (Å²) in [6.07, 6.45) is 0. The molecule has 0 saturated carbocycles. The third-order valence-corrected chi connectivity index (χ3v) is 2.42. The number of rotatable bonds is 5. The van der Waals surface area contributed by atoms with Gasteiger partial charge in [0.1, 0.15) is 5.75 Å². The number of carbonyl (C=O) groups is 1. The molecule has 5 heteroatoms. The number of aliphatic hydroxyl groups excluding tert-OH is 1. The van der Waals surface area contributed by atoms with Gasteiger partial charge in [0, 0.05) is 19.6 Å². The molecule has 2 amide bonds. The second-order valence-corrected chi connectivity index (χ2v) is 3.63. The first-order chi connectivity index (χ1) is 8.17. The van der Waals surface area contributed by atoms with Gasteiger partial charge in [-0.1, -0.05) is 12.1 Å². The maximum atomic E-state index is 11.7. The molecule has 0 atom stereocenters.